The first-order chi connectivity index (χ1) is 11.5. The van der Waals surface area contributed by atoms with E-state index in [2.05, 4.69) is 5.32 Å². The number of hydrogen-bond donors (Lipinski definition) is 2. The van der Waals surface area contributed by atoms with Gasteiger partial charge in [0.2, 0.25) is 0 Å². The first-order valence-corrected chi connectivity index (χ1v) is 9.99. The number of aryl methyl sites for hydroxylation is 2. The van der Waals surface area contributed by atoms with E-state index in [0.29, 0.717) is 29.0 Å². The number of aliphatic carboxylic acids is 1. The highest BCUT2D eigenvalue weighted by atomic mass is 32.2. The molecule has 7 nitrogen and oxygen atoms in total. The molecule has 1 amide bonds. The second-order valence-corrected chi connectivity index (χ2v) is 9.01. The van der Waals surface area contributed by atoms with Crippen LogP contribution in [-0.2, 0) is 14.6 Å². The molecule has 0 unspecified atom stereocenters. The molecule has 0 bridgehead atoms. The number of hydrogen-bond acceptors (Lipinski definition) is 5. The fourth-order valence-electron chi connectivity index (χ4n) is 2.92. The van der Waals surface area contributed by atoms with Crippen LogP contribution in [0.25, 0.3) is 0 Å². The molecule has 0 heterocycles. The highest BCUT2D eigenvalue weighted by Gasteiger charge is 2.45. The molecule has 8 heteroatoms. The molecular weight excluding hydrogens is 346 g/mol. The molecule has 0 saturated heterocycles. The van der Waals surface area contributed by atoms with Crippen molar-refractivity contribution < 1.29 is 27.9 Å². The van der Waals surface area contributed by atoms with Gasteiger partial charge in [0, 0.05) is 23.8 Å². The summed E-state index contributed by atoms with van der Waals surface area (Å²) in [5.74, 6) is -0.813. The maximum absolute atomic E-state index is 12.4. The van der Waals surface area contributed by atoms with Gasteiger partial charge in [-0.3, -0.25) is 4.79 Å². The SMILES string of the molecule is Cc1cc(C(=O)NCC2(CS(C)(=O)=O)CC2)cc(C)c1OCC(=O)O. The summed E-state index contributed by atoms with van der Waals surface area (Å²) in [5, 5.41) is 11.5. The molecule has 1 aromatic rings. The van der Waals surface area contributed by atoms with Crippen molar-refractivity contribution in [1.82, 2.24) is 5.32 Å². The minimum atomic E-state index is -3.08. The summed E-state index contributed by atoms with van der Waals surface area (Å²) in [5.41, 5.74) is 1.44. The third kappa shape index (κ3) is 5.45. The average molecular weight is 369 g/mol. The Bertz CT molecular complexity index is 772. The second-order valence-electron chi connectivity index (χ2n) is 6.87. The van der Waals surface area contributed by atoms with Crippen LogP contribution in [-0.4, -0.2) is 50.6 Å². The van der Waals surface area contributed by atoms with E-state index in [1.165, 1.54) is 6.26 Å². The van der Waals surface area contributed by atoms with Crippen molar-refractivity contribution >= 4 is 21.7 Å². The molecule has 0 spiro atoms. The zero-order valence-corrected chi connectivity index (χ0v) is 15.4. The summed E-state index contributed by atoms with van der Waals surface area (Å²) in [4.78, 5) is 23.0. The monoisotopic (exact) mass is 369 g/mol. The summed E-state index contributed by atoms with van der Waals surface area (Å²) in [6.45, 7) is 3.37. The summed E-state index contributed by atoms with van der Waals surface area (Å²) in [6.07, 6.45) is 2.79. The van der Waals surface area contributed by atoms with E-state index in [4.69, 9.17) is 9.84 Å². The first kappa shape index (κ1) is 19.2. The molecule has 0 atom stereocenters. The quantitative estimate of drug-likeness (QED) is 0.715. The van der Waals surface area contributed by atoms with Gasteiger partial charge >= 0.3 is 5.97 Å². The van der Waals surface area contributed by atoms with Gasteiger partial charge < -0.3 is 15.2 Å². The zero-order chi connectivity index (χ0) is 18.8. The molecular formula is C17H23NO6S. The molecule has 1 saturated carbocycles. The van der Waals surface area contributed by atoms with Crippen LogP contribution in [0.2, 0.25) is 0 Å². The van der Waals surface area contributed by atoms with Crippen LogP contribution in [0.4, 0.5) is 0 Å². The topological polar surface area (TPSA) is 110 Å². The van der Waals surface area contributed by atoms with Crippen LogP contribution in [0, 0.1) is 19.3 Å². The van der Waals surface area contributed by atoms with Gasteiger partial charge in [0.25, 0.3) is 5.91 Å². The third-order valence-electron chi connectivity index (χ3n) is 4.21. The predicted octanol–water partition coefficient (Wildman–Crippen LogP) is 1.32. The standard InChI is InChI=1S/C17H23NO6S/c1-11-6-13(7-12(2)15(11)24-8-14(19)20)16(21)18-9-17(4-5-17)10-25(3,22)23/h6-7H,4-5,8-10H2,1-3H3,(H,18,21)(H,19,20). The Morgan fingerprint density at radius 2 is 1.80 bits per heavy atom. The number of nitrogens with one attached hydrogen (secondary N) is 1. The lowest BCUT2D eigenvalue weighted by Crippen LogP contribution is -2.33. The lowest BCUT2D eigenvalue weighted by molar-refractivity contribution is -0.139. The molecule has 1 aliphatic rings. The van der Waals surface area contributed by atoms with E-state index in [9.17, 15) is 18.0 Å². The number of carboxylic acid groups (broad SMARTS) is 1. The Kier molecular flexibility index (Phi) is 5.41. The smallest absolute Gasteiger partial charge is 0.341 e. The van der Waals surface area contributed by atoms with Crippen LogP contribution in [0.15, 0.2) is 12.1 Å². The van der Waals surface area contributed by atoms with Crippen molar-refractivity contribution in [3.63, 3.8) is 0 Å². The Hall–Kier alpha value is -2.09. The van der Waals surface area contributed by atoms with E-state index in [0.717, 1.165) is 12.8 Å². The van der Waals surface area contributed by atoms with E-state index in [1.807, 2.05) is 0 Å². The normalized spacial score (nSPS) is 15.5. The minimum absolute atomic E-state index is 0.0836. The van der Waals surface area contributed by atoms with Gasteiger partial charge in [0.15, 0.2) is 6.61 Å². The highest BCUT2D eigenvalue weighted by Crippen LogP contribution is 2.46. The van der Waals surface area contributed by atoms with Crippen molar-refractivity contribution in [2.75, 3.05) is 25.2 Å². The number of carbonyl (C=O) groups excluding carboxylic acids is 1. The molecule has 138 valence electrons. The van der Waals surface area contributed by atoms with Crippen LogP contribution in [0.3, 0.4) is 0 Å². The van der Waals surface area contributed by atoms with Crippen LogP contribution in [0.5, 0.6) is 5.75 Å². The summed E-state index contributed by atoms with van der Waals surface area (Å²) >= 11 is 0. The number of carboxylic acids is 1. The molecule has 25 heavy (non-hydrogen) atoms. The van der Waals surface area contributed by atoms with Gasteiger partial charge in [0.1, 0.15) is 15.6 Å². The molecule has 0 aliphatic heterocycles. The second kappa shape index (κ2) is 7.03. The van der Waals surface area contributed by atoms with Crippen LogP contribution < -0.4 is 10.1 Å². The zero-order valence-electron chi connectivity index (χ0n) is 14.6. The van der Waals surface area contributed by atoms with Crippen molar-refractivity contribution in [2.45, 2.75) is 26.7 Å². The van der Waals surface area contributed by atoms with Crippen molar-refractivity contribution in [3.05, 3.63) is 28.8 Å². The fraction of sp³-hybridized carbons (Fsp3) is 0.529. The Balaban J connectivity index is 2.04. The van der Waals surface area contributed by atoms with Crippen molar-refractivity contribution in [2.24, 2.45) is 5.41 Å². The maximum Gasteiger partial charge on any atom is 0.341 e. The summed E-state index contributed by atoms with van der Waals surface area (Å²) < 4.78 is 28.2. The Labute approximate surface area is 147 Å². The van der Waals surface area contributed by atoms with Gasteiger partial charge in [-0.25, -0.2) is 13.2 Å². The molecule has 2 N–H and O–H groups in total. The number of sulfone groups is 1. The molecule has 0 aromatic heterocycles. The average Bonchev–Trinajstić information content (AvgIpc) is 3.21. The molecule has 1 aliphatic carbocycles. The minimum Gasteiger partial charge on any atom is -0.481 e. The van der Waals surface area contributed by atoms with E-state index < -0.39 is 22.4 Å². The van der Waals surface area contributed by atoms with Crippen molar-refractivity contribution in [1.29, 1.82) is 0 Å². The van der Waals surface area contributed by atoms with Gasteiger partial charge in [-0.15, -0.1) is 0 Å². The highest BCUT2D eigenvalue weighted by molar-refractivity contribution is 7.90. The maximum atomic E-state index is 12.4. The molecule has 2 rings (SSSR count). The number of benzene rings is 1. The Morgan fingerprint density at radius 1 is 1.24 bits per heavy atom. The largest absolute Gasteiger partial charge is 0.481 e. The van der Waals surface area contributed by atoms with Crippen LogP contribution in [0.1, 0.15) is 34.3 Å². The van der Waals surface area contributed by atoms with E-state index >= 15 is 0 Å². The van der Waals surface area contributed by atoms with Gasteiger partial charge in [-0.05, 0) is 49.9 Å². The Morgan fingerprint density at radius 3 is 2.24 bits per heavy atom. The number of carbonyl (C=O) groups is 2. The van der Waals surface area contributed by atoms with E-state index in [1.54, 1.807) is 26.0 Å². The van der Waals surface area contributed by atoms with E-state index in [-0.39, 0.29) is 17.1 Å². The van der Waals surface area contributed by atoms with Crippen molar-refractivity contribution in [3.8, 4) is 5.75 Å². The van der Waals surface area contributed by atoms with Crippen LogP contribution >= 0.6 is 0 Å². The van der Waals surface area contributed by atoms with Gasteiger partial charge in [-0.2, -0.15) is 0 Å². The molecule has 0 radical (unpaired) electrons. The third-order valence-corrected chi connectivity index (χ3v) is 5.35. The molecule has 1 fully saturated rings. The fourth-order valence-corrected chi connectivity index (χ4v) is 4.42. The lowest BCUT2D eigenvalue weighted by Gasteiger charge is -2.16. The lowest BCUT2D eigenvalue weighted by atomic mass is 10.0. The number of amides is 1. The number of ether oxygens (including phenoxy) is 1. The van der Waals surface area contributed by atoms with Gasteiger partial charge in [0.05, 0.1) is 5.75 Å². The van der Waals surface area contributed by atoms with Gasteiger partial charge in [-0.1, -0.05) is 0 Å². The molecule has 1 aromatic carbocycles. The first-order valence-electron chi connectivity index (χ1n) is 7.93. The summed E-state index contributed by atoms with van der Waals surface area (Å²) in [7, 11) is -3.08. The summed E-state index contributed by atoms with van der Waals surface area (Å²) in [6, 6.07) is 3.27. The number of rotatable bonds is 8. The predicted molar refractivity (Wildman–Crippen MR) is 92.8 cm³/mol.